The lowest BCUT2D eigenvalue weighted by Gasteiger charge is -2.29. The number of likely N-dealkylation sites (N-methyl/N-ethyl adjacent to an activating group) is 1. The third-order valence-corrected chi connectivity index (χ3v) is 6.96. The van der Waals surface area contributed by atoms with Gasteiger partial charge in [-0.05, 0) is 60.8 Å². The van der Waals surface area contributed by atoms with Crippen LogP contribution in [0.25, 0.3) is 0 Å². The molecule has 3 rings (SSSR count). The molecule has 2 heterocycles. The molecular weight excluding hydrogens is 456 g/mol. The minimum atomic E-state index is -0.539. The van der Waals surface area contributed by atoms with Gasteiger partial charge in [-0.2, -0.15) is 4.98 Å². The van der Waals surface area contributed by atoms with Crippen molar-refractivity contribution in [2.75, 3.05) is 64.0 Å². The van der Waals surface area contributed by atoms with Crippen molar-refractivity contribution in [3.05, 3.63) is 35.1 Å². The van der Waals surface area contributed by atoms with Crippen molar-refractivity contribution >= 4 is 23.7 Å². The Hall–Kier alpha value is -2.98. The number of hydrogen-bond donors (Lipinski definition) is 4. The maximum atomic E-state index is 13.2. The summed E-state index contributed by atoms with van der Waals surface area (Å²) in [6.45, 7) is 12.4. The van der Waals surface area contributed by atoms with E-state index in [1.54, 1.807) is 0 Å². The Kier molecular flexibility index (Phi) is 9.44. The number of aryl methyl sites for hydroxylation is 1. The van der Waals surface area contributed by atoms with Gasteiger partial charge in [0, 0.05) is 37.9 Å². The number of nitrogens with zero attached hydrogens (tertiary/aromatic N) is 4. The second-order valence-corrected chi connectivity index (χ2v) is 10.2. The average Bonchev–Trinajstić information content (AvgIpc) is 3.24. The van der Waals surface area contributed by atoms with Crippen LogP contribution < -0.4 is 21.3 Å². The van der Waals surface area contributed by atoms with Crippen LogP contribution in [-0.4, -0.2) is 91.1 Å². The predicted molar refractivity (Wildman–Crippen MR) is 144 cm³/mol. The second-order valence-electron chi connectivity index (χ2n) is 10.2. The first-order valence-electron chi connectivity index (χ1n) is 12.8. The molecule has 0 bridgehead atoms. The van der Waals surface area contributed by atoms with E-state index in [-0.39, 0.29) is 23.9 Å². The van der Waals surface area contributed by atoms with Gasteiger partial charge in [0.1, 0.15) is 5.82 Å². The lowest BCUT2D eigenvalue weighted by molar-refractivity contribution is -0.129. The fourth-order valence-electron chi connectivity index (χ4n) is 4.57. The van der Waals surface area contributed by atoms with Crippen LogP contribution in [0.4, 0.5) is 16.6 Å². The van der Waals surface area contributed by atoms with Crippen molar-refractivity contribution in [1.29, 1.82) is 0 Å². The lowest BCUT2D eigenvalue weighted by atomic mass is 9.85. The molecule has 1 saturated heterocycles. The van der Waals surface area contributed by atoms with Crippen molar-refractivity contribution in [2.45, 2.75) is 46.6 Å². The fourth-order valence-corrected chi connectivity index (χ4v) is 4.57. The van der Waals surface area contributed by atoms with E-state index in [0.717, 1.165) is 43.7 Å². The first-order chi connectivity index (χ1) is 17.1. The summed E-state index contributed by atoms with van der Waals surface area (Å²) in [5.41, 5.74) is 2.58. The summed E-state index contributed by atoms with van der Waals surface area (Å²) in [7, 11) is 3.98. The van der Waals surface area contributed by atoms with Gasteiger partial charge in [0.2, 0.25) is 11.9 Å². The average molecular weight is 499 g/mol. The van der Waals surface area contributed by atoms with Gasteiger partial charge in [0.15, 0.2) is 0 Å². The summed E-state index contributed by atoms with van der Waals surface area (Å²) < 4.78 is 0. The molecule has 1 aromatic heterocycles. The smallest absolute Gasteiger partial charge is 0.322 e. The SMILES string of the molecule is CCN1CCC(CNc2cc(C)nc(NC(=O)NC3C=C(C)C(C)=CC3)n2)(C(=O)NCCN(C)C)C1. The molecule has 0 saturated carbocycles. The molecule has 36 heavy (non-hydrogen) atoms. The summed E-state index contributed by atoms with van der Waals surface area (Å²) in [5.74, 6) is 0.876. The molecule has 2 atom stereocenters. The van der Waals surface area contributed by atoms with E-state index in [2.05, 4.69) is 67.0 Å². The number of anilines is 2. The third-order valence-electron chi connectivity index (χ3n) is 6.96. The molecule has 1 aliphatic carbocycles. The van der Waals surface area contributed by atoms with E-state index in [0.29, 0.717) is 25.5 Å². The molecule has 10 heteroatoms. The van der Waals surface area contributed by atoms with E-state index in [1.807, 2.05) is 34.0 Å². The van der Waals surface area contributed by atoms with Gasteiger partial charge in [-0.25, -0.2) is 9.78 Å². The standard InChI is InChI=1S/C26H42N8O2/c1-7-34-12-10-26(17-34,23(35)27-11-13-33(5)6)16-28-22-15-20(4)29-24(31-22)32-25(36)30-21-9-8-18(2)19(3)14-21/h8,14-15,21H,7,9-13,16-17H2,1-6H3,(H,27,35)(H3,28,29,30,31,32,36). The molecule has 1 aliphatic heterocycles. The molecule has 0 spiro atoms. The number of urea groups is 1. The maximum absolute atomic E-state index is 13.2. The van der Waals surface area contributed by atoms with Crippen LogP contribution in [0.3, 0.4) is 0 Å². The van der Waals surface area contributed by atoms with Gasteiger partial charge in [0.05, 0.1) is 11.5 Å². The van der Waals surface area contributed by atoms with Crippen LogP contribution in [0.2, 0.25) is 0 Å². The van der Waals surface area contributed by atoms with Crippen LogP contribution in [0.1, 0.15) is 39.3 Å². The van der Waals surface area contributed by atoms with Gasteiger partial charge < -0.3 is 25.8 Å². The van der Waals surface area contributed by atoms with Crippen molar-refractivity contribution in [3.63, 3.8) is 0 Å². The second kappa shape index (κ2) is 12.3. The first-order valence-corrected chi connectivity index (χ1v) is 12.8. The molecule has 1 aromatic rings. The molecule has 1 fully saturated rings. The highest BCUT2D eigenvalue weighted by Gasteiger charge is 2.44. The van der Waals surface area contributed by atoms with Crippen molar-refractivity contribution in [1.82, 2.24) is 30.4 Å². The van der Waals surface area contributed by atoms with Crippen LogP contribution >= 0.6 is 0 Å². The zero-order chi connectivity index (χ0) is 26.3. The maximum Gasteiger partial charge on any atom is 0.322 e. The van der Waals surface area contributed by atoms with Gasteiger partial charge in [-0.3, -0.25) is 10.1 Å². The summed E-state index contributed by atoms with van der Waals surface area (Å²) in [5, 5.41) is 12.2. The highest BCUT2D eigenvalue weighted by Crippen LogP contribution is 2.31. The van der Waals surface area contributed by atoms with Gasteiger partial charge >= 0.3 is 6.03 Å². The monoisotopic (exact) mass is 498 g/mol. The van der Waals surface area contributed by atoms with Crippen molar-refractivity contribution < 1.29 is 9.59 Å². The summed E-state index contributed by atoms with van der Waals surface area (Å²) in [6, 6.07) is 1.42. The number of carbonyl (C=O) groups is 2. The number of carbonyl (C=O) groups excluding carboxylic acids is 2. The van der Waals surface area contributed by atoms with Crippen LogP contribution in [0, 0.1) is 12.3 Å². The van der Waals surface area contributed by atoms with E-state index in [9.17, 15) is 9.59 Å². The van der Waals surface area contributed by atoms with E-state index >= 15 is 0 Å². The van der Waals surface area contributed by atoms with Gasteiger partial charge in [-0.15, -0.1) is 0 Å². The number of allylic oxidation sites excluding steroid dienone is 2. The molecule has 2 aliphatic rings. The van der Waals surface area contributed by atoms with E-state index < -0.39 is 5.41 Å². The summed E-state index contributed by atoms with van der Waals surface area (Å²) in [6.07, 6.45) is 5.72. The number of amides is 3. The van der Waals surface area contributed by atoms with Crippen LogP contribution in [0.15, 0.2) is 29.4 Å². The highest BCUT2D eigenvalue weighted by atomic mass is 16.2. The Balaban J connectivity index is 1.63. The number of rotatable bonds is 10. The van der Waals surface area contributed by atoms with Gasteiger partial charge in [-0.1, -0.05) is 30.2 Å². The molecule has 2 unspecified atom stereocenters. The Bertz CT molecular complexity index is 1010. The Morgan fingerprint density at radius 2 is 1.97 bits per heavy atom. The largest absolute Gasteiger partial charge is 0.369 e. The van der Waals surface area contributed by atoms with Crippen LogP contribution in [-0.2, 0) is 4.79 Å². The number of aromatic nitrogens is 2. The normalized spacial score (nSPS) is 22.1. The molecule has 4 N–H and O–H groups in total. The van der Waals surface area contributed by atoms with E-state index in [4.69, 9.17) is 0 Å². The topological polar surface area (TPSA) is 115 Å². The molecule has 0 radical (unpaired) electrons. The molecule has 198 valence electrons. The number of likely N-dealkylation sites (tertiary alicyclic amines) is 1. The van der Waals surface area contributed by atoms with Crippen molar-refractivity contribution in [2.24, 2.45) is 5.41 Å². The Morgan fingerprint density at radius 1 is 1.19 bits per heavy atom. The molecule has 3 amide bonds. The minimum absolute atomic E-state index is 0.0640. The van der Waals surface area contributed by atoms with Gasteiger partial charge in [0.25, 0.3) is 0 Å². The number of nitrogens with one attached hydrogen (secondary N) is 4. The fraction of sp³-hybridized carbons (Fsp3) is 0.615. The lowest BCUT2D eigenvalue weighted by Crippen LogP contribution is -2.48. The Labute approximate surface area is 215 Å². The number of hydrogen-bond acceptors (Lipinski definition) is 7. The molecule has 0 aromatic carbocycles. The minimum Gasteiger partial charge on any atom is -0.369 e. The van der Waals surface area contributed by atoms with Crippen LogP contribution in [0.5, 0.6) is 0 Å². The zero-order valence-electron chi connectivity index (χ0n) is 22.6. The molecule has 10 nitrogen and oxygen atoms in total. The Morgan fingerprint density at radius 3 is 2.64 bits per heavy atom. The predicted octanol–water partition coefficient (Wildman–Crippen LogP) is 2.37. The highest BCUT2D eigenvalue weighted by molar-refractivity contribution is 5.88. The zero-order valence-corrected chi connectivity index (χ0v) is 22.6. The van der Waals surface area contributed by atoms with E-state index in [1.165, 1.54) is 5.57 Å². The van der Waals surface area contributed by atoms with Crippen molar-refractivity contribution in [3.8, 4) is 0 Å². The quantitative estimate of drug-likeness (QED) is 0.392. The summed E-state index contributed by atoms with van der Waals surface area (Å²) >= 11 is 0. The molecular formula is C26H42N8O2. The third kappa shape index (κ3) is 7.51. The summed E-state index contributed by atoms with van der Waals surface area (Å²) in [4.78, 5) is 39.0. The first kappa shape index (κ1) is 27.6.